The number of nitrogens with zero attached hydrogens (tertiary/aromatic N) is 2. The Hall–Kier alpha value is -1.85. The number of ether oxygens (including phenoxy) is 1. The molecule has 3 heterocycles. The van der Waals surface area contributed by atoms with E-state index in [1.807, 2.05) is 26.8 Å². The number of aromatic nitrogens is 1. The number of rotatable bonds is 1. The molecule has 0 aromatic carbocycles. The van der Waals surface area contributed by atoms with Crippen LogP contribution in [-0.2, 0) is 16.2 Å². The first kappa shape index (κ1) is 22.4. The molecule has 1 fully saturated rings. The molecule has 2 aliphatic rings. The Bertz CT molecular complexity index is 744. The number of alkyl halides is 3. The third-order valence-electron chi connectivity index (χ3n) is 4.13. The Balaban J connectivity index is 0.000000345. The van der Waals surface area contributed by atoms with Gasteiger partial charge in [-0.2, -0.15) is 13.2 Å². The number of halogens is 3. The number of fused-ring (bicyclic) bond motifs is 1. The van der Waals surface area contributed by atoms with E-state index in [-0.39, 0.29) is 4.75 Å². The summed E-state index contributed by atoms with van der Waals surface area (Å²) >= 11 is -1.29. The van der Waals surface area contributed by atoms with E-state index in [0.29, 0.717) is 0 Å². The Labute approximate surface area is 163 Å². The quantitative estimate of drug-likeness (QED) is 0.675. The van der Waals surface area contributed by atoms with Gasteiger partial charge in [-0.05, 0) is 39.9 Å². The third-order valence-corrected chi connectivity index (χ3v) is 5.52. The van der Waals surface area contributed by atoms with Gasteiger partial charge in [0.05, 0.1) is 6.20 Å². The molecule has 1 spiro atoms. The maximum Gasteiger partial charge on any atom is 0.490 e. The van der Waals surface area contributed by atoms with Gasteiger partial charge < -0.3 is 19.7 Å². The Morgan fingerprint density at radius 3 is 2.43 bits per heavy atom. The van der Waals surface area contributed by atoms with Gasteiger partial charge in [0, 0.05) is 24.6 Å². The Morgan fingerprint density at radius 1 is 1.36 bits per heavy atom. The van der Waals surface area contributed by atoms with Gasteiger partial charge in [-0.25, -0.2) is 4.79 Å². The van der Waals surface area contributed by atoms with Crippen LogP contribution in [0.5, 0.6) is 5.75 Å². The molecule has 1 saturated heterocycles. The highest BCUT2D eigenvalue weighted by molar-refractivity contribution is 7.91. The van der Waals surface area contributed by atoms with Gasteiger partial charge in [0.1, 0.15) is 27.6 Å². The molecule has 0 aliphatic carbocycles. The SMILES string of the molecule is CC(C)(C)[S+]([O-])N=C1c2ccncc2OC12CCNCC2.O=C(O)C(F)(F)F. The number of piperidine rings is 1. The molecule has 1 aromatic rings. The van der Waals surface area contributed by atoms with Gasteiger partial charge in [-0.3, -0.25) is 4.98 Å². The second kappa shape index (κ2) is 8.26. The minimum atomic E-state index is -5.08. The highest BCUT2D eigenvalue weighted by Crippen LogP contribution is 2.40. The van der Waals surface area contributed by atoms with Gasteiger partial charge in [0.15, 0.2) is 5.60 Å². The normalized spacial score (nSPS) is 20.8. The Morgan fingerprint density at radius 2 is 1.93 bits per heavy atom. The fraction of sp³-hybridized carbons (Fsp3) is 0.588. The van der Waals surface area contributed by atoms with E-state index in [9.17, 15) is 17.7 Å². The topological polar surface area (TPSA) is 107 Å². The van der Waals surface area contributed by atoms with Crippen molar-refractivity contribution in [2.45, 2.75) is 50.1 Å². The van der Waals surface area contributed by atoms with E-state index in [0.717, 1.165) is 43.0 Å². The molecule has 0 saturated carbocycles. The predicted molar refractivity (Wildman–Crippen MR) is 97.8 cm³/mol. The number of pyridine rings is 1. The Kier molecular flexibility index (Phi) is 6.62. The molecule has 0 amide bonds. The molecule has 2 aliphatic heterocycles. The summed E-state index contributed by atoms with van der Waals surface area (Å²) in [6.45, 7) is 7.56. The molecule has 0 bridgehead atoms. The number of hydrogen-bond donors (Lipinski definition) is 2. The highest BCUT2D eigenvalue weighted by atomic mass is 32.2. The fourth-order valence-corrected chi connectivity index (χ4v) is 3.39. The monoisotopic (exact) mass is 421 g/mol. The van der Waals surface area contributed by atoms with Crippen LogP contribution >= 0.6 is 0 Å². The maximum absolute atomic E-state index is 12.5. The van der Waals surface area contributed by atoms with Gasteiger partial charge in [0.2, 0.25) is 0 Å². The summed E-state index contributed by atoms with van der Waals surface area (Å²) in [5.41, 5.74) is 1.32. The van der Waals surface area contributed by atoms with E-state index >= 15 is 0 Å². The summed E-state index contributed by atoms with van der Waals surface area (Å²) in [5.74, 6) is -2.00. The number of hydrogen-bond acceptors (Lipinski definition) is 6. The minimum absolute atomic E-state index is 0.378. The molecule has 3 rings (SSSR count). The molecule has 1 unspecified atom stereocenters. The van der Waals surface area contributed by atoms with Crippen LogP contribution in [0.4, 0.5) is 13.2 Å². The lowest BCUT2D eigenvalue weighted by atomic mass is 9.86. The van der Waals surface area contributed by atoms with Gasteiger partial charge in [-0.1, -0.05) is 4.40 Å². The molecule has 0 radical (unpaired) electrons. The van der Waals surface area contributed by atoms with Crippen LogP contribution in [0.2, 0.25) is 0 Å². The van der Waals surface area contributed by atoms with Crippen molar-refractivity contribution in [3.63, 3.8) is 0 Å². The van der Waals surface area contributed by atoms with Crippen LogP contribution in [0, 0.1) is 0 Å². The lowest BCUT2D eigenvalue weighted by Crippen LogP contribution is -2.49. The lowest BCUT2D eigenvalue weighted by Gasteiger charge is -2.33. The number of aliphatic carboxylic acids is 1. The summed E-state index contributed by atoms with van der Waals surface area (Å²) in [7, 11) is 0. The summed E-state index contributed by atoms with van der Waals surface area (Å²) < 4.78 is 54.6. The molecule has 28 heavy (non-hydrogen) atoms. The average Bonchev–Trinajstić information content (AvgIpc) is 2.87. The average molecular weight is 421 g/mol. The molecule has 7 nitrogen and oxygen atoms in total. The van der Waals surface area contributed by atoms with Gasteiger partial charge >= 0.3 is 12.1 Å². The standard InChI is InChI=1S/C15H21N3O2S.C2HF3O2/c1-14(2,3)21(19)18-13-11-4-7-17-10-12(11)20-15(13)5-8-16-9-6-15;3-2(4,5)1(6)7/h4,7,10,16H,5-6,8-9H2,1-3H3;(H,6,7). The molecule has 2 N–H and O–H groups in total. The molecule has 11 heteroatoms. The van der Waals surface area contributed by atoms with Gasteiger partial charge in [-0.15, -0.1) is 0 Å². The summed E-state index contributed by atoms with van der Waals surface area (Å²) in [4.78, 5) is 13.0. The van der Waals surface area contributed by atoms with Crippen molar-refractivity contribution in [1.82, 2.24) is 10.3 Å². The zero-order valence-electron chi connectivity index (χ0n) is 15.7. The summed E-state index contributed by atoms with van der Waals surface area (Å²) in [6, 6.07) is 1.91. The van der Waals surface area contributed by atoms with Crippen molar-refractivity contribution in [2.24, 2.45) is 4.40 Å². The van der Waals surface area contributed by atoms with Crippen LogP contribution in [0.1, 0.15) is 39.2 Å². The summed E-state index contributed by atoms with van der Waals surface area (Å²) in [5, 5.41) is 10.5. The van der Waals surface area contributed by atoms with Crippen molar-refractivity contribution in [1.29, 1.82) is 0 Å². The first-order valence-corrected chi connectivity index (χ1v) is 9.63. The third kappa shape index (κ3) is 5.15. The molecule has 156 valence electrons. The van der Waals surface area contributed by atoms with Crippen LogP contribution in [0.3, 0.4) is 0 Å². The number of carboxylic acids is 1. The second-order valence-electron chi connectivity index (χ2n) is 7.32. The number of carboxylic acid groups (broad SMARTS) is 1. The zero-order chi connectivity index (χ0) is 21.2. The predicted octanol–water partition coefficient (Wildman–Crippen LogP) is 2.48. The molecular weight excluding hydrogens is 399 g/mol. The van der Waals surface area contributed by atoms with Crippen LogP contribution in [0.15, 0.2) is 22.9 Å². The van der Waals surface area contributed by atoms with E-state index in [4.69, 9.17) is 14.6 Å². The summed E-state index contributed by atoms with van der Waals surface area (Å²) in [6.07, 6.45) is 0.0448. The molecular formula is C17H22F3N3O4S. The fourth-order valence-electron chi connectivity index (χ4n) is 2.68. The molecule has 1 aromatic heterocycles. The smallest absolute Gasteiger partial charge is 0.490 e. The van der Waals surface area contributed by atoms with E-state index < -0.39 is 29.1 Å². The largest absolute Gasteiger partial charge is 0.591 e. The van der Waals surface area contributed by atoms with Gasteiger partial charge in [0.25, 0.3) is 0 Å². The van der Waals surface area contributed by atoms with Crippen molar-refractivity contribution < 1.29 is 32.4 Å². The van der Waals surface area contributed by atoms with E-state index in [1.165, 1.54) is 0 Å². The number of carbonyl (C=O) groups is 1. The first-order valence-electron chi connectivity index (χ1n) is 8.52. The first-order chi connectivity index (χ1) is 12.9. The van der Waals surface area contributed by atoms with Crippen LogP contribution in [0.25, 0.3) is 0 Å². The maximum atomic E-state index is 12.5. The van der Waals surface area contributed by atoms with Crippen molar-refractivity contribution >= 4 is 23.0 Å². The molecule has 1 atom stereocenters. The second-order valence-corrected chi connectivity index (χ2v) is 9.23. The van der Waals surface area contributed by atoms with E-state index in [2.05, 4.69) is 14.7 Å². The van der Waals surface area contributed by atoms with Crippen LogP contribution < -0.4 is 10.1 Å². The minimum Gasteiger partial charge on any atom is -0.591 e. The van der Waals surface area contributed by atoms with Crippen LogP contribution in [-0.4, -0.2) is 55.9 Å². The van der Waals surface area contributed by atoms with E-state index in [1.54, 1.807) is 12.4 Å². The number of nitrogens with one attached hydrogen (secondary N) is 1. The highest BCUT2D eigenvalue weighted by Gasteiger charge is 2.48. The van der Waals surface area contributed by atoms with Crippen molar-refractivity contribution in [3.05, 3.63) is 24.0 Å². The lowest BCUT2D eigenvalue weighted by molar-refractivity contribution is -0.192. The van der Waals surface area contributed by atoms with Crippen molar-refractivity contribution in [3.8, 4) is 5.75 Å². The van der Waals surface area contributed by atoms with Crippen molar-refractivity contribution in [2.75, 3.05) is 13.1 Å². The zero-order valence-corrected chi connectivity index (χ0v) is 16.5.